The van der Waals surface area contributed by atoms with Crippen molar-refractivity contribution >= 4 is 6.09 Å². The van der Waals surface area contributed by atoms with Gasteiger partial charge in [-0.2, -0.15) is 0 Å². The zero-order valence-corrected chi connectivity index (χ0v) is 15.1. The van der Waals surface area contributed by atoms with Gasteiger partial charge < -0.3 is 25.2 Å². The summed E-state index contributed by atoms with van der Waals surface area (Å²) in [6, 6.07) is 9.39. The van der Waals surface area contributed by atoms with Crippen LogP contribution in [0.3, 0.4) is 0 Å². The maximum absolute atomic E-state index is 12.2. The van der Waals surface area contributed by atoms with E-state index in [2.05, 4.69) is 24.5 Å². The van der Waals surface area contributed by atoms with Crippen LogP contribution in [-0.2, 0) is 15.9 Å². The molecule has 2 rings (SSSR count). The van der Waals surface area contributed by atoms with Crippen LogP contribution in [0.1, 0.15) is 25.8 Å². The quantitative estimate of drug-likeness (QED) is 0.632. The van der Waals surface area contributed by atoms with Gasteiger partial charge in [0.05, 0.1) is 25.4 Å². The predicted octanol–water partition coefficient (Wildman–Crippen LogP) is 1.72. The van der Waals surface area contributed by atoms with Gasteiger partial charge in [-0.25, -0.2) is 4.79 Å². The summed E-state index contributed by atoms with van der Waals surface area (Å²) in [5.74, 6) is 0.500. The Labute approximate surface area is 149 Å². The fourth-order valence-corrected chi connectivity index (χ4v) is 2.76. The van der Waals surface area contributed by atoms with Crippen LogP contribution in [0.15, 0.2) is 30.3 Å². The summed E-state index contributed by atoms with van der Waals surface area (Å²) in [5.41, 5.74) is 1.06. The van der Waals surface area contributed by atoms with Gasteiger partial charge in [0.1, 0.15) is 6.10 Å². The zero-order chi connectivity index (χ0) is 18.1. The van der Waals surface area contributed by atoms with E-state index < -0.39 is 18.2 Å². The molecular formula is C19H30N2O4. The third kappa shape index (κ3) is 7.42. The molecule has 1 aromatic rings. The first-order valence-electron chi connectivity index (χ1n) is 9.02. The molecule has 1 aliphatic rings. The number of hydrogen-bond donors (Lipinski definition) is 3. The van der Waals surface area contributed by atoms with Crippen LogP contribution in [0.2, 0.25) is 0 Å². The number of aliphatic hydroxyl groups is 1. The minimum atomic E-state index is -0.702. The van der Waals surface area contributed by atoms with Gasteiger partial charge in [-0.1, -0.05) is 44.2 Å². The maximum Gasteiger partial charge on any atom is 0.407 e. The normalized spacial score (nSPS) is 19.6. The molecule has 140 valence electrons. The predicted molar refractivity (Wildman–Crippen MR) is 96.5 cm³/mol. The molecule has 6 heteroatoms. The Morgan fingerprint density at radius 2 is 2.08 bits per heavy atom. The highest BCUT2D eigenvalue weighted by molar-refractivity contribution is 5.68. The van der Waals surface area contributed by atoms with Crippen molar-refractivity contribution in [2.24, 2.45) is 5.92 Å². The van der Waals surface area contributed by atoms with E-state index in [1.165, 1.54) is 0 Å². The minimum absolute atomic E-state index is 0.200. The van der Waals surface area contributed by atoms with E-state index in [4.69, 9.17) is 9.47 Å². The summed E-state index contributed by atoms with van der Waals surface area (Å²) in [5, 5.41) is 16.6. The number of aliphatic hydroxyl groups excluding tert-OH is 1. The largest absolute Gasteiger partial charge is 0.444 e. The second kappa shape index (κ2) is 10.4. The van der Waals surface area contributed by atoms with Gasteiger partial charge in [-0.15, -0.1) is 0 Å². The average Bonchev–Trinajstić information content (AvgIpc) is 3.07. The number of nitrogens with one attached hydrogen (secondary N) is 2. The second-order valence-electron chi connectivity index (χ2n) is 6.95. The smallest absolute Gasteiger partial charge is 0.407 e. The summed E-state index contributed by atoms with van der Waals surface area (Å²) >= 11 is 0. The Bertz CT molecular complexity index is 503. The van der Waals surface area contributed by atoms with Crippen molar-refractivity contribution in [2.75, 3.05) is 26.3 Å². The molecule has 0 aromatic heterocycles. The summed E-state index contributed by atoms with van der Waals surface area (Å²) in [4.78, 5) is 12.2. The summed E-state index contributed by atoms with van der Waals surface area (Å²) < 4.78 is 10.6. The average molecular weight is 350 g/mol. The number of amides is 1. The first-order valence-corrected chi connectivity index (χ1v) is 9.02. The Morgan fingerprint density at radius 3 is 2.72 bits per heavy atom. The lowest BCUT2D eigenvalue weighted by atomic mass is 10.0. The van der Waals surface area contributed by atoms with E-state index in [1.807, 2.05) is 30.3 Å². The highest BCUT2D eigenvalue weighted by atomic mass is 16.6. The highest BCUT2D eigenvalue weighted by Gasteiger charge is 2.25. The summed E-state index contributed by atoms with van der Waals surface area (Å²) in [7, 11) is 0. The maximum atomic E-state index is 12.2. The molecule has 3 atom stereocenters. The van der Waals surface area contributed by atoms with Crippen molar-refractivity contribution in [3.8, 4) is 0 Å². The molecule has 1 amide bonds. The molecular weight excluding hydrogens is 320 g/mol. The van der Waals surface area contributed by atoms with Crippen LogP contribution in [0, 0.1) is 5.92 Å². The van der Waals surface area contributed by atoms with Crippen molar-refractivity contribution in [2.45, 2.75) is 44.9 Å². The van der Waals surface area contributed by atoms with Crippen molar-refractivity contribution in [3.63, 3.8) is 0 Å². The number of carbonyl (C=O) groups is 1. The minimum Gasteiger partial charge on any atom is -0.444 e. The van der Waals surface area contributed by atoms with Crippen LogP contribution in [-0.4, -0.2) is 55.8 Å². The zero-order valence-electron chi connectivity index (χ0n) is 15.1. The van der Waals surface area contributed by atoms with Crippen LogP contribution in [0.4, 0.5) is 4.79 Å². The van der Waals surface area contributed by atoms with Crippen LogP contribution in [0.5, 0.6) is 0 Å². The fraction of sp³-hybridized carbons (Fsp3) is 0.632. The fourth-order valence-electron chi connectivity index (χ4n) is 2.76. The number of hydrogen-bond acceptors (Lipinski definition) is 5. The number of alkyl carbamates (subject to hydrolysis) is 1. The number of ether oxygens (including phenoxy) is 2. The van der Waals surface area contributed by atoms with Gasteiger partial charge in [0.2, 0.25) is 0 Å². The first-order chi connectivity index (χ1) is 12.0. The molecule has 0 saturated carbocycles. The Hall–Kier alpha value is -1.63. The van der Waals surface area contributed by atoms with E-state index >= 15 is 0 Å². The van der Waals surface area contributed by atoms with Crippen LogP contribution in [0.25, 0.3) is 0 Å². The molecule has 1 aliphatic heterocycles. The molecule has 1 unspecified atom stereocenters. The lowest BCUT2D eigenvalue weighted by Gasteiger charge is -2.25. The molecule has 1 saturated heterocycles. The lowest BCUT2D eigenvalue weighted by molar-refractivity contribution is 0.0688. The molecule has 0 bridgehead atoms. The number of rotatable bonds is 9. The van der Waals surface area contributed by atoms with Crippen molar-refractivity contribution in [1.29, 1.82) is 0 Å². The molecule has 3 N–H and O–H groups in total. The van der Waals surface area contributed by atoms with E-state index in [0.29, 0.717) is 32.1 Å². The van der Waals surface area contributed by atoms with Gasteiger partial charge in [0, 0.05) is 13.0 Å². The van der Waals surface area contributed by atoms with E-state index in [-0.39, 0.29) is 6.10 Å². The van der Waals surface area contributed by atoms with Gasteiger partial charge >= 0.3 is 6.09 Å². The molecule has 0 radical (unpaired) electrons. The lowest BCUT2D eigenvalue weighted by Crippen LogP contribution is -2.49. The van der Waals surface area contributed by atoms with Gasteiger partial charge in [-0.3, -0.25) is 0 Å². The highest BCUT2D eigenvalue weighted by Crippen LogP contribution is 2.10. The first kappa shape index (κ1) is 19.7. The second-order valence-corrected chi connectivity index (χ2v) is 6.95. The van der Waals surface area contributed by atoms with Crippen LogP contribution < -0.4 is 10.6 Å². The molecule has 0 spiro atoms. The third-order valence-corrected chi connectivity index (χ3v) is 4.13. The third-order valence-electron chi connectivity index (χ3n) is 4.13. The monoisotopic (exact) mass is 350 g/mol. The summed E-state index contributed by atoms with van der Waals surface area (Å²) in [6.07, 6.45) is -0.143. The van der Waals surface area contributed by atoms with Gasteiger partial charge in [-0.05, 0) is 24.4 Å². The molecule has 1 fully saturated rings. The van der Waals surface area contributed by atoms with Crippen molar-refractivity contribution in [3.05, 3.63) is 35.9 Å². The Morgan fingerprint density at radius 1 is 1.32 bits per heavy atom. The number of carbonyl (C=O) groups excluding carboxylic acids is 1. The van der Waals surface area contributed by atoms with Crippen LogP contribution >= 0.6 is 0 Å². The molecule has 6 nitrogen and oxygen atoms in total. The number of benzene rings is 1. The van der Waals surface area contributed by atoms with Crippen molar-refractivity contribution in [1.82, 2.24) is 10.6 Å². The standard InChI is InChI=1S/C19H30N2O4/c1-14(2)11-20-12-18(22)17(10-15-6-4-3-5-7-15)21-19(23)25-16-8-9-24-13-16/h3-7,14,16-18,20,22H,8-13H2,1-2H3,(H,21,23)/t16?,17-,18+/m0/s1. The van der Waals surface area contributed by atoms with E-state index in [9.17, 15) is 9.90 Å². The van der Waals surface area contributed by atoms with E-state index in [1.54, 1.807) is 0 Å². The Balaban J connectivity index is 1.91. The van der Waals surface area contributed by atoms with Gasteiger partial charge in [0.15, 0.2) is 0 Å². The molecule has 1 heterocycles. The molecule has 25 heavy (non-hydrogen) atoms. The Kier molecular flexibility index (Phi) is 8.18. The molecule has 0 aliphatic carbocycles. The SMILES string of the molecule is CC(C)CNC[C@@H](O)[C@H](Cc1ccccc1)NC(=O)OC1CCOC1. The van der Waals surface area contributed by atoms with E-state index in [0.717, 1.165) is 18.5 Å². The molecule has 1 aromatic carbocycles. The summed E-state index contributed by atoms with van der Waals surface area (Å²) in [6.45, 7) is 6.52. The topological polar surface area (TPSA) is 79.8 Å². The van der Waals surface area contributed by atoms with Gasteiger partial charge in [0.25, 0.3) is 0 Å². The van der Waals surface area contributed by atoms with Crippen molar-refractivity contribution < 1.29 is 19.4 Å².